The second-order valence-electron chi connectivity index (χ2n) is 4.36. The number of carbonyl (C=O) groups excluding carboxylic acids is 1. The molecular formula is C13H14N4O3. The van der Waals surface area contributed by atoms with Gasteiger partial charge in [-0.15, -0.1) is 0 Å². The highest BCUT2D eigenvalue weighted by Gasteiger charge is 2.12. The van der Waals surface area contributed by atoms with Crippen LogP contribution >= 0.6 is 0 Å². The number of hydrogen-bond donors (Lipinski definition) is 2. The highest BCUT2D eigenvalue weighted by Crippen LogP contribution is 2.10. The third-order valence-corrected chi connectivity index (χ3v) is 2.65. The van der Waals surface area contributed by atoms with Crippen molar-refractivity contribution in [2.24, 2.45) is 7.05 Å². The molecule has 0 aliphatic rings. The molecule has 7 heteroatoms. The summed E-state index contributed by atoms with van der Waals surface area (Å²) in [6.45, 7) is 1.80. The normalized spacial score (nSPS) is 10.3. The summed E-state index contributed by atoms with van der Waals surface area (Å²) in [5.74, 6) is -1.24. The minimum Gasteiger partial charge on any atom is -0.481 e. The third-order valence-electron chi connectivity index (χ3n) is 2.65. The highest BCUT2D eigenvalue weighted by atomic mass is 16.4. The van der Waals surface area contributed by atoms with Gasteiger partial charge in [-0.3, -0.25) is 19.3 Å². The molecule has 2 heterocycles. The van der Waals surface area contributed by atoms with E-state index in [4.69, 9.17) is 5.11 Å². The summed E-state index contributed by atoms with van der Waals surface area (Å²) >= 11 is 0. The second kappa shape index (κ2) is 5.52. The number of carboxylic acid groups (broad SMARTS) is 1. The van der Waals surface area contributed by atoms with Crippen molar-refractivity contribution in [3.8, 4) is 0 Å². The number of carboxylic acids is 1. The third kappa shape index (κ3) is 3.19. The molecule has 0 bridgehead atoms. The van der Waals surface area contributed by atoms with Gasteiger partial charge in [0, 0.05) is 7.05 Å². The average molecular weight is 274 g/mol. The van der Waals surface area contributed by atoms with E-state index in [9.17, 15) is 9.59 Å². The van der Waals surface area contributed by atoms with E-state index in [2.05, 4.69) is 15.4 Å². The molecule has 0 aliphatic carbocycles. The lowest BCUT2D eigenvalue weighted by Crippen LogP contribution is -2.16. The van der Waals surface area contributed by atoms with Crippen LogP contribution < -0.4 is 5.32 Å². The fraction of sp³-hybridized carbons (Fsp3) is 0.231. The lowest BCUT2D eigenvalue weighted by atomic mass is 10.2. The van der Waals surface area contributed by atoms with E-state index in [0.29, 0.717) is 17.1 Å². The van der Waals surface area contributed by atoms with Crippen molar-refractivity contribution in [1.82, 2.24) is 14.8 Å². The van der Waals surface area contributed by atoms with Crippen LogP contribution in [0.15, 0.2) is 24.4 Å². The lowest BCUT2D eigenvalue weighted by molar-refractivity contribution is -0.136. The van der Waals surface area contributed by atoms with Crippen molar-refractivity contribution in [1.29, 1.82) is 0 Å². The molecule has 2 N–H and O–H groups in total. The van der Waals surface area contributed by atoms with E-state index < -0.39 is 5.97 Å². The minimum absolute atomic E-state index is 0.144. The Labute approximate surface area is 115 Å². The molecule has 2 aromatic heterocycles. The minimum atomic E-state index is -0.945. The standard InChI is InChI=1S/C13H14N4O3/c1-8-5-11(17(2)16-8)13(20)15-10-4-3-9(14-7-10)6-12(18)19/h3-5,7H,6H2,1-2H3,(H,15,20)(H,18,19). The molecule has 1 amide bonds. The van der Waals surface area contributed by atoms with Crippen molar-refractivity contribution in [3.05, 3.63) is 41.5 Å². The molecule has 0 aliphatic heterocycles. The Hall–Kier alpha value is -2.70. The van der Waals surface area contributed by atoms with Crippen molar-refractivity contribution in [2.75, 3.05) is 5.32 Å². The zero-order valence-corrected chi connectivity index (χ0v) is 11.1. The number of rotatable bonds is 4. The first-order chi connectivity index (χ1) is 9.45. The van der Waals surface area contributed by atoms with E-state index in [1.807, 2.05) is 0 Å². The van der Waals surface area contributed by atoms with Crippen molar-refractivity contribution >= 4 is 17.6 Å². The van der Waals surface area contributed by atoms with Crippen LogP contribution in [0.4, 0.5) is 5.69 Å². The summed E-state index contributed by atoms with van der Waals surface area (Å²) in [5, 5.41) is 15.4. The number of aromatic nitrogens is 3. The second-order valence-corrected chi connectivity index (χ2v) is 4.36. The Morgan fingerprint density at radius 1 is 1.40 bits per heavy atom. The Morgan fingerprint density at radius 3 is 2.65 bits per heavy atom. The molecule has 0 atom stereocenters. The molecule has 0 saturated heterocycles. The number of nitrogens with one attached hydrogen (secondary N) is 1. The predicted molar refractivity (Wildman–Crippen MR) is 71.5 cm³/mol. The number of nitrogens with zero attached hydrogens (tertiary/aromatic N) is 3. The molecule has 0 spiro atoms. The van der Waals surface area contributed by atoms with Crippen molar-refractivity contribution < 1.29 is 14.7 Å². The first-order valence-electron chi connectivity index (χ1n) is 5.94. The topological polar surface area (TPSA) is 97.1 Å². The Kier molecular flexibility index (Phi) is 3.79. The van der Waals surface area contributed by atoms with Crippen LogP contribution in [0.1, 0.15) is 21.9 Å². The van der Waals surface area contributed by atoms with E-state index >= 15 is 0 Å². The van der Waals surface area contributed by atoms with Gasteiger partial charge in [-0.1, -0.05) is 0 Å². The van der Waals surface area contributed by atoms with Gasteiger partial charge in [-0.25, -0.2) is 0 Å². The van der Waals surface area contributed by atoms with Crippen LogP contribution in [0.5, 0.6) is 0 Å². The van der Waals surface area contributed by atoms with Gasteiger partial charge in [0.1, 0.15) is 5.69 Å². The first kappa shape index (κ1) is 13.7. The fourth-order valence-electron chi connectivity index (χ4n) is 1.78. The quantitative estimate of drug-likeness (QED) is 0.867. The van der Waals surface area contributed by atoms with Gasteiger partial charge in [0.15, 0.2) is 0 Å². The highest BCUT2D eigenvalue weighted by molar-refractivity contribution is 6.03. The number of carbonyl (C=O) groups is 2. The summed E-state index contributed by atoms with van der Waals surface area (Å²) < 4.78 is 1.50. The van der Waals surface area contributed by atoms with Gasteiger partial charge >= 0.3 is 5.97 Å². The van der Waals surface area contributed by atoms with Gasteiger partial charge in [0.25, 0.3) is 5.91 Å². The fourth-order valence-corrected chi connectivity index (χ4v) is 1.78. The van der Waals surface area contributed by atoms with E-state index in [0.717, 1.165) is 5.69 Å². The number of aliphatic carboxylic acids is 1. The molecule has 2 aromatic rings. The Balaban J connectivity index is 2.08. The first-order valence-corrected chi connectivity index (χ1v) is 5.94. The summed E-state index contributed by atoms with van der Waals surface area (Å²) in [6, 6.07) is 4.87. The van der Waals surface area contributed by atoms with E-state index in [-0.39, 0.29) is 12.3 Å². The summed E-state index contributed by atoms with van der Waals surface area (Å²) in [6.07, 6.45) is 1.29. The largest absolute Gasteiger partial charge is 0.481 e. The predicted octanol–water partition coefficient (Wildman–Crippen LogP) is 1.00. The summed E-state index contributed by atoms with van der Waals surface area (Å²) in [4.78, 5) is 26.5. The van der Waals surface area contributed by atoms with Gasteiger partial charge in [-0.2, -0.15) is 5.10 Å². The zero-order chi connectivity index (χ0) is 14.7. The monoisotopic (exact) mass is 274 g/mol. The molecule has 0 saturated carbocycles. The van der Waals surface area contributed by atoms with Crippen LogP contribution in [0, 0.1) is 6.92 Å². The van der Waals surface area contributed by atoms with Crippen LogP contribution in [0.3, 0.4) is 0 Å². The zero-order valence-electron chi connectivity index (χ0n) is 11.1. The number of anilines is 1. The van der Waals surface area contributed by atoms with Crippen LogP contribution in [-0.4, -0.2) is 31.7 Å². The summed E-state index contributed by atoms with van der Waals surface area (Å²) in [5.41, 5.74) is 2.14. The van der Waals surface area contributed by atoms with Gasteiger partial charge in [-0.05, 0) is 25.1 Å². The Bertz CT molecular complexity index is 646. The molecule has 2 rings (SSSR count). The van der Waals surface area contributed by atoms with E-state index in [1.54, 1.807) is 32.2 Å². The molecule has 0 fully saturated rings. The summed E-state index contributed by atoms with van der Waals surface area (Å²) in [7, 11) is 1.69. The number of hydrogen-bond acceptors (Lipinski definition) is 4. The molecule has 0 unspecified atom stereocenters. The van der Waals surface area contributed by atoms with E-state index in [1.165, 1.54) is 10.9 Å². The van der Waals surface area contributed by atoms with Crippen LogP contribution in [0.2, 0.25) is 0 Å². The molecule has 104 valence electrons. The number of pyridine rings is 1. The van der Waals surface area contributed by atoms with Crippen molar-refractivity contribution in [2.45, 2.75) is 13.3 Å². The molecule has 7 nitrogen and oxygen atoms in total. The van der Waals surface area contributed by atoms with Gasteiger partial charge in [0.2, 0.25) is 0 Å². The van der Waals surface area contributed by atoms with Gasteiger partial charge in [0.05, 0.1) is 29.7 Å². The molecule has 0 aromatic carbocycles. The van der Waals surface area contributed by atoms with Crippen LogP contribution in [0.25, 0.3) is 0 Å². The SMILES string of the molecule is Cc1cc(C(=O)Nc2ccc(CC(=O)O)nc2)n(C)n1. The average Bonchev–Trinajstić information content (AvgIpc) is 2.70. The lowest BCUT2D eigenvalue weighted by Gasteiger charge is -2.05. The van der Waals surface area contributed by atoms with Crippen molar-refractivity contribution in [3.63, 3.8) is 0 Å². The maximum atomic E-state index is 12.0. The number of aryl methyl sites for hydroxylation is 2. The molecule has 0 radical (unpaired) electrons. The maximum absolute atomic E-state index is 12.0. The maximum Gasteiger partial charge on any atom is 0.309 e. The number of amides is 1. The molecular weight excluding hydrogens is 260 g/mol. The molecule has 20 heavy (non-hydrogen) atoms. The van der Waals surface area contributed by atoms with Crippen LogP contribution in [-0.2, 0) is 18.3 Å². The smallest absolute Gasteiger partial charge is 0.309 e. The Morgan fingerprint density at radius 2 is 2.15 bits per heavy atom. The van der Waals surface area contributed by atoms with Gasteiger partial charge < -0.3 is 10.4 Å².